The zero-order chi connectivity index (χ0) is 10.3. The number of nitriles is 1. The lowest BCUT2D eigenvalue weighted by atomic mass is 10.2. The van der Waals surface area contributed by atoms with E-state index in [1.54, 1.807) is 13.2 Å². The Morgan fingerprint density at radius 3 is 2.69 bits per heavy atom. The van der Waals surface area contributed by atoms with E-state index in [4.69, 9.17) is 11.0 Å². The number of hydrogen-bond donors (Lipinski definition) is 2. The zero-order valence-corrected chi connectivity index (χ0v) is 8.33. The topological polar surface area (TPSA) is 74.2 Å². The molecule has 13 heavy (non-hydrogen) atoms. The van der Waals surface area contributed by atoms with E-state index in [1.807, 2.05) is 6.07 Å². The molecule has 0 amide bonds. The standard InChI is InChI=1S/C9H16N4/c1-7(2)5-13-6-8(4-10)9(11)12-3/h6-7,13H,5H2,1-3H3,(H2,11,12)/b8-6-. The maximum Gasteiger partial charge on any atom is 0.137 e. The summed E-state index contributed by atoms with van der Waals surface area (Å²) in [6.45, 7) is 5.00. The Kier molecular flexibility index (Phi) is 5.37. The van der Waals surface area contributed by atoms with Crippen LogP contribution in [0.1, 0.15) is 13.8 Å². The van der Waals surface area contributed by atoms with Crippen LogP contribution in [-0.4, -0.2) is 19.4 Å². The quantitative estimate of drug-likeness (QED) is 0.378. The third kappa shape index (κ3) is 4.86. The molecule has 4 nitrogen and oxygen atoms in total. The predicted molar refractivity (Wildman–Crippen MR) is 54.1 cm³/mol. The minimum absolute atomic E-state index is 0.263. The van der Waals surface area contributed by atoms with Gasteiger partial charge >= 0.3 is 0 Å². The van der Waals surface area contributed by atoms with Crippen LogP contribution in [0.5, 0.6) is 0 Å². The molecule has 0 spiro atoms. The number of rotatable bonds is 4. The van der Waals surface area contributed by atoms with Gasteiger partial charge < -0.3 is 11.1 Å². The van der Waals surface area contributed by atoms with Gasteiger partial charge in [0.1, 0.15) is 17.5 Å². The van der Waals surface area contributed by atoms with Crippen molar-refractivity contribution in [1.82, 2.24) is 5.32 Å². The van der Waals surface area contributed by atoms with Crippen molar-refractivity contribution in [2.24, 2.45) is 16.6 Å². The Balaban J connectivity index is 4.19. The molecule has 3 N–H and O–H groups in total. The molecule has 0 rings (SSSR count). The molecule has 0 fully saturated rings. The first-order valence-electron chi connectivity index (χ1n) is 4.18. The van der Waals surface area contributed by atoms with Crippen LogP contribution in [0.4, 0.5) is 0 Å². The maximum atomic E-state index is 8.67. The molecular weight excluding hydrogens is 164 g/mol. The summed E-state index contributed by atoms with van der Waals surface area (Å²) in [6, 6.07) is 1.97. The fourth-order valence-electron chi connectivity index (χ4n) is 0.681. The Hall–Kier alpha value is -1.50. The second-order valence-corrected chi connectivity index (χ2v) is 3.08. The summed E-state index contributed by atoms with van der Waals surface area (Å²) >= 11 is 0. The number of nitrogens with zero attached hydrogens (tertiary/aromatic N) is 2. The maximum absolute atomic E-state index is 8.67. The summed E-state index contributed by atoms with van der Waals surface area (Å²) in [5, 5.41) is 11.7. The zero-order valence-electron chi connectivity index (χ0n) is 8.33. The highest BCUT2D eigenvalue weighted by atomic mass is 14.9. The van der Waals surface area contributed by atoms with Crippen molar-refractivity contribution in [2.75, 3.05) is 13.6 Å². The highest BCUT2D eigenvalue weighted by Crippen LogP contribution is 1.92. The number of nitrogens with two attached hydrogens (primary N) is 1. The van der Waals surface area contributed by atoms with Gasteiger partial charge in [0.15, 0.2) is 0 Å². The highest BCUT2D eigenvalue weighted by molar-refractivity contribution is 6.00. The molecular formula is C9H16N4. The Morgan fingerprint density at radius 2 is 2.31 bits per heavy atom. The van der Waals surface area contributed by atoms with Crippen molar-refractivity contribution < 1.29 is 0 Å². The Labute approximate surface area is 79.1 Å². The average Bonchev–Trinajstić information content (AvgIpc) is 2.11. The lowest BCUT2D eigenvalue weighted by molar-refractivity contribution is 0.611. The summed E-state index contributed by atoms with van der Waals surface area (Å²) < 4.78 is 0. The van der Waals surface area contributed by atoms with Crippen LogP contribution in [0.25, 0.3) is 0 Å². The normalized spacial score (nSPS) is 12.8. The summed E-state index contributed by atoms with van der Waals surface area (Å²) in [6.07, 6.45) is 1.60. The van der Waals surface area contributed by atoms with E-state index in [1.165, 1.54) is 0 Å². The monoisotopic (exact) mass is 180 g/mol. The Morgan fingerprint density at radius 1 is 1.69 bits per heavy atom. The molecule has 0 aliphatic heterocycles. The van der Waals surface area contributed by atoms with Crippen LogP contribution in [0, 0.1) is 17.2 Å². The van der Waals surface area contributed by atoms with Crippen molar-refractivity contribution in [1.29, 1.82) is 5.26 Å². The first-order chi connectivity index (χ1) is 6.11. The number of nitrogens with one attached hydrogen (secondary N) is 1. The molecule has 0 aromatic rings. The van der Waals surface area contributed by atoms with Gasteiger partial charge in [-0.1, -0.05) is 13.8 Å². The van der Waals surface area contributed by atoms with Crippen molar-refractivity contribution >= 4 is 5.84 Å². The SMILES string of the molecule is CN=C(N)/C(C#N)=C\NCC(C)C. The largest absolute Gasteiger partial charge is 0.389 e. The van der Waals surface area contributed by atoms with Crippen LogP contribution in [-0.2, 0) is 0 Å². The average molecular weight is 180 g/mol. The van der Waals surface area contributed by atoms with Crippen LogP contribution in [0.3, 0.4) is 0 Å². The minimum atomic E-state index is 0.263. The molecule has 0 aliphatic rings. The third-order valence-electron chi connectivity index (χ3n) is 1.41. The first kappa shape index (κ1) is 11.5. The number of aliphatic imine (C=N–C) groups is 1. The van der Waals surface area contributed by atoms with Crippen LogP contribution in [0.15, 0.2) is 16.8 Å². The van der Waals surface area contributed by atoms with Crippen molar-refractivity contribution in [3.63, 3.8) is 0 Å². The van der Waals surface area contributed by atoms with E-state index >= 15 is 0 Å². The molecule has 0 aromatic carbocycles. The van der Waals surface area contributed by atoms with E-state index in [0.29, 0.717) is 11.5 Å². The Bertz CT molecular complexity index is 245. The first-order valence-corrected chi connectivity index (χ1v) is 4.18. The highest BCUT2D eigenvalue weighted by Gasteiger charge is 1.99. The molecule has 0 aromatic heterocycles. The van der Waals surface area contributed by atoms with Gasteiger partial charge in [-0.05, 0) is 5.92 Å². The van der Waals surface area contributed by atoms with Crippen molar-refractivity contribution in [3.05, 3.63) is 11.8 Å². The van der Waals surface area contributed by atoms with Gasteiger partial charge in [0, 0.05) is 19.8 Å². The summed E-state index contributed by atoms with van der Waals surface area (Å²) in [4.78, 5) is 3.72. The molecule has 0 aliphatic carbocycles. The third-order valence-corrected chi connectivity index (χ3v) is 1.41. The van der Waals surface area contributed by atoms with Gasteiger partial charge in [-0.2, -0.15) is 5.26 Å². The molecule has 72 valence electrons. The number of hydrogen-bond acceptors (Lipinski definition) is 3. The van der Waals surface area contributed by atoms with Gasteiger partial charge in [0.05, 0.1) is 0 Å². The smallest absolute Gasteiger partial charge is 0.137 e. The van der Waals surface area contributed by atoms with Gasteiger partial charge in [-0.25, -0.2) is 0 Å². The second-order valence-electron chi connectivity index (χ2n) is 3.08. The summed E-state index contributed by atoms with van der Waals surface area (Å²) in [7, 11) is 1.56. The molecule has 0 atom stereocenters. The summed E-state index contributed by atoms with van der Waals surface area (Å²) in [5.41, 5.74) is 5.84. The van der Waals surface area contributed by atoms with Gasteiger partial charge in [-0.15, -0.1) is 0 Å². The minimum Gasteiger partial charge on any atom is -0.389 e. The summed E-state index contributed by atoms with van der Waals surface area (Å²) in [5.74, 6) is 0.801. The molecule has 0 bridgehead atoms. The number of amidine groups is 1. The molecule has 0 radical (unpaired) electrons. The van der Waals surface area contributed by atoms with Crippen molar-refractivity contribution in [3.8, 4) is 6.07 Å². The van der Waals surface area contributed by atoms with Gasteiger partial charge in [0.25, 0.3) is 0 Å². The fraction of sp³-hybridized carbons (Fsp3) is 0.556. The van der Waals surface area contributed by atoms with E-state index in [9.17, 15) is 0 Å². The van der Waals surface area contributed by atoms with Crippen LogP contribution in [0.2, 0.25) is 0 Å². The molecule has 0 saturated heterocycles. The second kappa shape index (κ2) is 6.06. The predicted octanol–water partition coefficient (Wildman–Crippen LogP) is 0.626. The fourth-order valence-corrected chi connectivity index (χ4v) is 0.681. The van der Waals surface area contributed by atoms with Crippen LogP contribution >= 0.6 is 0 Å². The molecule has 4 heteroatoms. The van der Waals surface area contributed by atoms with E-state index in [2.05, 4.69) is 24.2 Å². The molecule has 0 unspecified atom stereocenters. The lowest BCUT2D eigenvalue weighted by Crippen LogP contribution is -2.19. The van der Waals surface area contributed by atoms with Gasteiger partial charge in [0.2, 0.25) is 0 Å². The van der Waals surface area contributed by atoms with E-state index in [0.717, 1.165) is 6.54 Å². The van der Waals surface area contributed by atoms with Gasteiger partial charge in [-0.3, -0.25) is 4.99 Å². The van der Waals surface area contributed by atoms with Crippen molar-refractivity contribution in [2.45, 2.75) is 13.8 Å². The van der Waals surface area contributed by atoms with Crippen LogP contribution < -0.4 is 11.1 Å². The van der Waals surface area contributed by atoms with E-state index < -0.39 is 0 Å². The van der Waals surface area contributed by atoms with E-state index in [-0.39, 0.29) is 5.84 Å². The lowest BCUT2D eigenvalue weighted by Gasteiger charge is -2.04. The molecule has 0 saturated carbocycles. The molecule has 0 heterocycles.